The summed E-state index contributed by atoms with van der Waals surface area (Å²) in [5.41, 5.74) is 5.86. The number of methoxy groups -OCH3 is 1. The van der Waals surface area contributed by atoms with Crippen LogP contribution in [0.2, 0.25) is 5.02 Å². The summed E-state index contributed by atoms with van der Waals surface area (Å²) in [7, 11) is 5.57. The Labute approximate surface area is 265 Å². The number of piperidine rings is 1. The largest absolute Gasteiger partial charge is 0.494 e. The fourth-order valence-electron chi connectivity index (χ4n) is 6.21. The van der Waals surface area contributed by atoms with Crippen molar-refractivity contribution >= 4 is 64.7 Å². The summed E-state index contributed by atoms with van der Waals surface area (Å²) in [6.45, 7) is 11.0. The summed E-state index contributed by atoms with van der Waals surface area (Å²) in [5.74, 6) is 1.68. The molecule has 4 aromatic rings. The Morgan fingerprint density at radius 3 is 2.45 bits per heavy atom. The van der Waals surface area contributed by atoms with Crippen molar-refractivity contribution in [3.05, 3.63) is 53.4 Å². The lowest BCUT2D eigenvalue weighted by Crippen LogP contribution is -2.62. The molecule has 10 nitrogen and oxygen atoms in total. The summed E-state index contributed by atoms with van der Waals surface area (Å²) in [4.78, 5) is 25.8. The number of ether oxygens (including phenoxy) is 1. The van der Waals surface area contributed by atoms with Crippen molar-refractivity contribution in [2.75, 3.05) is 76.2 Å². The number of fused-ring (bicyclic) bond motifs is 1. The van der Waals surface area contributed by atoms with Gasteiger partial charge < -0.3 is 25.2 Å². The normalized spacial score (nSPS) is 16.5. The molecule has 2 aliphatic heterocycles. The molecule has 2 aromatic carbocycles. The van der Waals surface area contributed by atoms with Gasteiger partial charge in [-0.2, -0.15) is 4.98 Å². The van der Waals surface area contributed by atoms with Crippen LogP contribution in [0.25, 0.3) is 11.0 Å². The molecule has 0 saturated carbocycles. The van der Waals surface area contributed by atoms with Gasteiger partial charge in [0.1, 0.15) is 10.8 Å². The average molecular weight is 634 g/mol. The molecule has 0 spiro atoms. The lowest BCUT2D eigenvalue weighted by atomic mass is 9.96. The molecule has 4 heterocycles. The van der Waals surface area contributed by atoms with Crippen LogP contribution in [0.5, 0.6) is 5.75 Å². The topological polar surface area (TPSA) is 94.6 Å². The van der Waals surface area contributed by atoms with E-state index in [0.29, 0.717) is 28.9 Å². The molecule has 2 fully saturated rings. The van der Waals surface area contributed by atoms with Crippen LogP contribution in [0.4, 0.5) is 28.8 Å². The summed E-state index contributed by atoms with van der Waals surface area (Å²) in [6.07, 6.45) is 7.41. The number of anilines is 5. The van der Waals surface area contributed by atoms with Crippen molar-refractivity contribution in [1.29, 1.82) is 0 Å². The predicted molar refractivity (Wildman–Crippen MR) is 184 cm³/mol. The minimum Gasteiger partial charge on any atom is -0.494 e. The number of likely N-dealkylation sites (N-methyl/N-ethyl adjacent to an activating group) is 1. The molecule has 0 bridgehead atoms. The maximum Gasteiger partial charge on any atom is 0.229 e. The second-order valence-electron chi connectivity index (χ2n) is 12.0. The Morgan fingerprint density at radius 1 is 1.00 bits per heavy atom. The predicted octanol–water partition coefficient (Wildman–Crippen LogP) is 5.46. The third-order valence-corrected chi connectivity index (χ3v) is 10.4. The maximum atomic E-state index is 6.58. The van der Waals surface area contributed by atoms with Crippen LogP contribution in [0.3, 0.4) is 0 Å². The van der Waals surface area contributed by atoms with E-state index in [4.69, 9.17) is 21.3 Å². The minimum absolute atomic E-state index is 0.422. The first-order valence-corrected chi connectivity index (χ1v) is 17.6. The molecule has 2 aromatic heterocycles. The van der Waals surface area contributed by atoms with Crippen molar-refractivity contribution in [2.45, 2.75) is 31.8 Å². The number of nitrogens with zero attached hydrogens (tertiary/aromatic N) is 7. The SMILES string of the molecule is COc1cc(N2CCC(N3CC(N(C)C)C3)CC2)c(C)cc1Nc1ncc(Cl)c(Nc2ccc3nccnc3c2P(C)C)n1. The van der Waals surface area contributed by atoms with Crippen LogP contribution in [-0.4, -0.2) is 103 Å². The van der Waals surface area contributed by atoms with Crippen LogP contribution in [0.1, 0.15) is 18.4 Å². The molecule has 2 N–H and O–H groups in total. The van der Waals surface area contributed by atoms with Crippen LogP contribution in [0, 0.1) is 6.92 Å². The van der Waals surface area contributed by atoms with Crippen molar-refractivity contribution < 1.29 is 4.74 Å². The number of aromatic nitrogens is 4. The van der Waals surface area contributed by atoms with Crippen LogP contribution in [-0.2, 0) is 0 Å². The van der Waals surface area contributed by atoms with Crippen molar-refractivity contribution in [2.24, 2.45) is 0 Å². The Kier molecular flexibility index (Phi) is 9.06. The fraction of sp³-hybridized carbons (Fsp3) is 0.438. The van der Waals surface area contributed by atoms with E-state index in [1.165, 1.54) is 37.2 Å². The highest BCUT2D eigenvalue weighted by molar-refractivity contribution is 7.65. The Balaban J connectivity index is 1.18. The number of hydrogen-bond donors (Lipinski definition) is 2. The number of nitrogens with one attached hydrogen (secondary N) is 2. The van der Waals surface area contributed by atoms with E-state index in [1.807, 2.05) is 12.1 Å². The Morgan fingerprint density at radius 2 is 1.75 bits per heavy atom. The highest BCUT2D eigenvalue weighted by Gasteiger charge is 2.35. The molecule has 0 radical (unpaired) electrons. The van der Waals surface area contributed by atoms with E-state index in [0.717, 1.165) is 46.6 Å². The fourth-order valence-corrected chi connectivity index (χ4v) is 7.55. The van der Waals surface area contributed by atoms with E-state index in [9.17, 15) is 0 Å². The smallest absolute Gasteiger partial charge is 0.229 e. The first kappa shape index (κ1) is 30.7. The van der Waals surface area contributed by atoms with E-state index in [2.05, 4.69) is 86.8 Å². The molecule has 232 valence electrons. The van der Waals surface area contributed by atoms with Gasteiger partial charge in [-0.1, -0.05) is 19.5 Å². The molecule has 2 saturated heterocycles. The first-order chi connectivity index (χ1) is 21.2. The van der Waals surface area contributed by atoms with Gasteiger partial charge in [-0.3, -0.25) is 14.9 Å². The standard InChI is InChI=1S/C32H41ClN9OP/c1-20-15-26(28(43-4)16-27(20)41-13-9-21(10-14-41)42-18-22(19-42)40(2)3)38-32-36-17-23(33)31(39-32)37-25-8-7-24-29(30(25)44(5)6)35-12-11-34-24/h7-8,11-12,15-17,21-22H,9-10,13-14,18-19H2,1-6H3,(H2,36,37,38,39). The van der Waals surface area contributed by atoms with Gasteiger partial charge in [-0.05, 0) is 71.0 Å². The quantitative estimate of drug-likeness (QED) is 0.232. The maximum absolute atomic E-state index is 6.58. The lowest BCUT2D eigenvalue weighted by Gasteiger charge is -2.49. The number of halogens is 1. The summed E-state index contributed by atoms with van der Waals surface area (Å²) < 4.78 is 5.85. The number of likely N-dealkylation sites (tertiary alicyclic amines) is 1. The third kappa shape index (κ3) is 6.26. The molecule has 44 heavy (non-hydrogen) atoms. The number of benzene rings is 2. The Hall–Kier alpha value is -3.30. The summed E-state index contributed by atoms with van der Waals surface area (Å²) in [6, 6.07) is 9.59. The molecular weight excluding hydrogens is 593 g/mol. The number of rotatable bonds is 9. The van der Waals surface area contributed by atoms with Gasteiger partial charge in [-0.25, -0.2) is 4.98 Å². The monoisotopic (exact) mass is 633 g/mol. The molecule has 0 unspecified atom stereocenters. The van der Waals surface area contributed by atoms with E-state index < -0.39 is 7.92 Å². The zero-order valence-electron chi connectivity index (χ0n) is 26.3. The summed E-state index contributed by atoms with van der Waals surface area (Å²) in [5, 5.41) is 8.36. The van der Waals surface area contributed by atoms with Gasteiger partial charge in [0, 0.05) is 73.4 Å². The second kappa shape index (κ2) is 13.0. The van der Waals surface area contributed by atoms with Gasteiger partial charge in [-0.15, -0.1) is 0 Å². The van der Waals surface area contributed by atoms with E-state index in [-0.39, 0.29) is 0 Å². The van der Waals surface area contributed by atoms with Gasteiger partial charge in [0.2, 0.25) is 5.95 Å². The molecule has 12 heteroatoms. The van der Waals surface area contributed by atoms with Gasteiger partial charge in [0.05, 0.1) is 30.0 Å². The van der Waals surface area contributed by atoms with E-state index >= 15 is 0 Å². The summed E-state index contributed by atoms with van der Waals surface area (Å²) >= 11 is 6.58. The van der Waals surface area contributed by atoms with Gasteiger partial charge in [0.15, 0.2) is 5.82 Å². The minimum atomic E-state index is -0.489. The molecule has 0 aliphatic carbocycles. The second-order valence-corrected chi connectivity index (χ2v) is 14.7. The van der Waals surface area contributed by atoms with Crippen LogP contribution < -0.4 is 25.6 Å². The van der Waals surface area contributed by atoms with Crippen molar-refractivity contribution in [3.8, 4) is 5.75 Å². The molecular formula is C32H41ClN9OP. The zero-order chi connectivity index (χ0) is 31.0. The number of hydrogen-bond acceptors (Lipinski definition) is 10. The average Bonchev–Trinajstić information content (AvgIpc) is 2.98. The van der Waals surface area contributed by atoms with Gasteiger partial charge in [0.25, 0.3) is 0 Å². The molecule has 2 aliphatic rings. The Bertz CT molecular complexity index is 1640. The lowest BCUT2D eigenvalue weighted by molar-refractivity contribution is 0.0188. The van der Waals surface area contributed by atoms with Gasteiger partial charge >= 0.3 is 0 Å². The van der Waals surface area contributed by atoms with Crippen molar-refractivity contribution in [3.63, 3.8) is 0 Å². The van der Waals surface area contributed by atoms with Crippen molar-refractivity contribution in [1.82, 2.24) is 29.7 Å². The number of aryl methyl sites for hydroxylation is 1. The molecule has 6 rings (SSSR count). The van der Waals surface area contributed by atoms with Crippen LogP contribution in [0.15, 0.2) is 42.9 Å². The molecule has 0 atom stereocenters. The first-order valence-electron chi connectivity index (χ1n) is 15.0. The van der Waals surface area contributed by atoms with Crippen LogP contribution >= 0.6 is 19.5 Å². The van der Waals surface area contributed by atoms with E-state index in [1.54, 1.807) is 25.7 Å². The molecule has 0 amide bonds. The highest BCUT2D eigenvalue weighted by Crippen LogP contribution is 2.38. The highest BCUT2D eigenvalue weighted by atomic mass is 35.5. The zero-order valence-corrected chi connectivity index (χ0v) is 28.0. The third-order valence-electron chi connectivity index (χ3n) is 8.77.